The zero-order valence-electron chi connectivity index (χ0n) is 10.6. The van der Waals surface area contributed by atoms with Crippen LogP contribution in [0.2, 0.25) is 18.1 Å². The van der Waals surface area contributed by atoms with Gasteiger partial charge in [0.15, 0.2) is 0 Å². The maximum Gasteiger partial charge on any atom is 0.205 e. The summed E-state index contributed by atoms with van der Waals surface area (Å²) < 4.78 is 5.77. The van der Waals surface area contributed by atoms with Crippen molar-refractivity contribution in [2.75, 3.05) is 0 Å². The number of halogens is 1. The summed E-state index contributed by atoms with van der Waals surface area (Å²) in [5.74, 6) is 0. The predicted octanol–water partition coefficient (Wildman–Crippen LogP) is 4.76. The molecule has 0 spiro atoms. The van der Waals surface area contributed by atoms with Crippen molar-refractivity contribution in [2.45, 2.75) is 26.1 Å². The summed E-state index contributed by atoms with van der Waals surface area (Å²) in [6.07, 6.45) is 0.937. The summed E-state index contributed by atoms with van der Waals surface area (Å²) in [6.45, 7) is 5.06. The molecule has 2 aromatic rings. The molecule has 0 aliphatic rings. The fourth-order valence-corrected chi connectivity index (χ4v) is 3.29. The van der Waals surface area contributed by atoms with Gasteiger partial charge in [0.05, 0.1) is 6.61 Å². The summed E-state index contributed by atoms with van der Waals surface area (Å²) in [5.41, 5.74) is 2.57. The molecule has 1 aromatic heterocycles. The van der Waals surface area contributed by atoms with Gasteiger partial charge in [0.2, 0.25) is 9.04 Å². The Morgan fingerprint density at radius 2 is 2.11 bits per heavy atom. The van der Waals surface area contributed by atoms with Gasteiger partial charge in [-0.3, -0.25) is 0 Å². The van der Waals surface area contributed by atoms with Crippen LogP contribution in [0.3, 0.4) is 0 Å². The van der Waals surface area contributed by atoms with E-state index in [0.29, 0.717) is 0 Å². The Bertz CT molecular complexity index is 510. The van der Waals surface area contributed by atoms with E-state index in [2.05, 4.69) is 30.6 Å². The Labute approximate surface area is 119 Å². The maximum absolute atomic E-state index is 6.01. The molecule has 0 bridgehead atoms. The molecule has 4 heteroatoms. The third-order valence-electron chi connectivity index (χ3n) is 2.61. The standard InChI is InChI=1S/C14H16ClOSSi/c1-18(2)16-10-12-6-7-17-14(12)9-11-4-3-5-13(15)8-11/h3-8H,9-10H2,1-2H3. The zero-order valence-corrected chi connectivity index (χ0v) is 13.1. The molecule has 0 saturated heterocycles. The molecule has 0 unspecified atom stereocenters. The predicted molar refractivity (Wildman–Crippen MR) is 80.8 cm³/mol. The van der Waals surface area contributed by atoms with Gasteiger partial charge in [0.25, 0.3) is 0 Å². The van der Waals surface area contributed by atoms with Crippen LogP contribution in [0.5, 0.6) is 0 Å². The zero-order chi connectivity index (χ0) is 13.0. The molecule has 1 radical (unpaired) electrons. The van der Waals surface area contributed by atoms with Crippen molar-refractivity contribution in [1.82, 2.24) is 0 Å². The third kappa shape index (κ3) is 3.95. The highest BCUT2D eigenvalue weighted by Crippen LogP contribution is 2.23. The van der Waals surface area contributed by atoms with E-state index < -0.39 is 9.04 Å². The van der Waals surface area contributed by atoms with E-state index in [1.165, 1.54) is 16.0 Å². The highest BCUT2D eigenvalue weighted by molar-refractivity contribution is 7.10. The Morgan fingerprint density at radius 3 is 2.83 bits per heavy atom. The first kappa shape index (κ1) is 13.8. The molecule has 1 heterocycles. The minimum absolute atomic E-state index is 0.622. The van der Waals surface area contributed by atoms with Crippen LogP contribution in [0.4, 0.5) is 0 Å². The number of benzene rings is 1. The number of rotatable bonds is 5. The fraction of sp³-hybridized carbons (Fsp3) is 0.286. The van der Waals surface area contributed by atoms with Crippen molar-refractivity contribution >= 4 is 32.0 Å². The molecule has 0 amide bonds. The van der Waals surface area contributed by atoms with Crippen molar-refractivity contribution in [1.29, 1.82) is 0 Å². The van der Waals surface area contributed by atoms with Crippen LogP contribution in [-0.4, -0.2) is 9.04 Å². The Hall–Kier alpha value is -0.613. The molecule has 2 rings (SSSR count). The minimum Gasteiger partial charge on any atom is -0.413 e. The largest absolute Gasteiger partial charge is 0.413 e. The van der Waals surface area contributed by atoms with E-state index in [9.17, 15) is 0 Å². The lowest BCUT2D eigenvalue weighted by atomic mass is 10.1. The van der Waals surface area contributed by atoms with Gasteiger partial charge >= 0.3 is 0 Å². The van der Waals surface area contributed by atoms with E-state index in [1.54, 1.807) is 11.3 Å². The van der Waals surface area contributed by atoms with Gasteiger partial charge in [0, 0.05) is 16.3 Å². The minimum atomic E-state index is -0.622. The smallest absolute Gasteiger partial charge is 0.205 e. The van der Waals surface area contributed by atoms with Crippen LogP contribution in [0.15, 0.2) is 35.7 Å². The molecule has 0 atom stereocenters. The lowest BCUT2D eigenvalue weighted by Gasteiger charge is -2.07. The van der Waals surface area contributed by atoms with Gasteiger partial charge in [-0.25, -0.2) is 0 Å². The van der Waals surface area contributed by atoms with Crippen LogP contribution < -0.4 is 0 Å². The molecule has 95 valence electrons. The number of hydrogen-bond donors (Lipinski definition) is 0. The van der Waals surface area contributed by atoms with Crippen LogP contribution in [0.25, 0.3) is 0 Å². The maximum atomic E-state index is 6.01. The second kappa shape index (κ2) is 6.52. The van der Waals surface area contributed by atoms with E-state index in [0.717, 1.165) is 18.1 Å². The van der Waals surface area contributed by atoms with Crippen LogP contribution in [0, 0.1) is 0 Å². The van der Waals surface area contributed by atoms with E-state index >= 15 is 0 Å². The Balaban J connectivity index is 2.07. The lowest BCUT2D eigenvalue weighted by Crippen LogP contribution is -2.07. The number of thiophene rings is 1. The van der Waals surface area contributed by atoms with Crippen LogP contribution in [-0.2, 0) is 17.5 Å². The van der Waals surface area contributed by atoms with E-state index in [1.807, 2.05) is 18.2 Å². The topological polar surface area (TPSA) is 9.23 Å². The molecule has 0 N–H and O–H groups in total. The normalized spacial score (nSPS) is 11.1. The van der Waals surface area contributed by atoms with Gasteiger partial charge in [-0.1, -0.05) is 23.7 Å². The van der Waals surface area contributed by atoms with Crippen molar-refractivity contribution in [3.8, 4) is 0 Å². The Morgan fingerprint density at radius 1 is 1.28 bits per heavy atom. The first-order chi connectivity index (χ1) is 8.65. The summed E-state index contributed by atoms with van der Waals surface area (Å²) in [4.78, 5) is 1.38. The summed E-state index contributed by atoms with van der Waals surface area (Å²) >= 11 is 7.80. The monoisotopic (exact) mass is 295 g/mol. The molecule has 0 aliphatic heterocycles. The third-order valence-corrected chi connectivity index (χ3v) is 4.53. The second-order valence-corrected chi connectivity index (χ2v) is 7.91. The van der Waals surface area contributed by atoms with Crippen molar-refractivity contribution in [3.05, 3.63) is 56.7 Å². The highest BCUT2D eigenvalue weighted by Gasteiger charge is 2.07. The molecular formula is C14H16ClOSSi. The molecular weight excluding hydrogens is 280 g/mol. The van der Waals surface area contributed by atoms with Crippen LogP contribution in [0.1, 0.15) is 16.0 Å². The number of hydrogen-bond acceptors (Lipinski definition) is 2. The lowest BCUT2D eigenvalue weighted by molar-refractivity contribution is 0.314. The van der Waals surface area contributed by atoms with Crippen molar-refractivity contribution < 1.29 is 4.43 Å². The fourth-order valence-electron chi connectivity index (χ4n) is 1.71. The second-order valence-electron chi connectivity index (χ2n) is 4.37. The molecule has 0 fully saturated rings. The average molecular weight is 296 g/mol. The first-order valence-corrected chi connectivity index (χ1v) is 9.54. The van der Waals surface area contributed by atoms with Gasteiger partial charge in [0.1, 0.15) is 0 Å². The summed E-state index contributed by atoms with van der Waals surface area (Å²) in [7, 11) is -0.622. The quantitative estimate of drug-likeness (QED) is 0.723. The van der Waals surface area contributed by atoms with Crippen molar-refractivity contribution in [3.63, 3.8) is 0 Å². The summed E-state index contributed by atoms with van der Waals surface area (Å²) in [5, 5.41) is 2.94. The van der Waals surface area contributed by atoms with Crippen LogP contribution >= 0.6 is 22.9 Å². The SMILES string of the molecule is C[Si](C)OCc1ccsc1Cc1cccc(Cl)c1. The van der Waals surface area contributed by atoms with E-state index in [-0.39, 0.29) is 0 Å². The van der Waals surface area contributed by atoms with Gasteiger partial charge < -0.3 is 4.43 Å². The highest BCUT2D eigenvalue weighted by atomic mass is 35.5. The van der Waals surface area contributed by atoms with Gasteiger partial charge in [-0.05, 0) is 47.8 Å². The summed E-state index contributed by atoms with van der Waals surface area (Å²) in [6, 6.07) is 10.2. The van der Waals surface area contributed by atoms with E-state index in [4.69, 9.17) is 16.0 Å². The van der Waals surface area contributed by atoms with Gasteiger partial charge in [-0.15, -0.1) is 11.3 Å². The van der Waals surface area contributed by atoms with Gasteiger partial charge in [-0.2, -0.15) is 0 Å². The Kier molecular flexibility index (Phi) is 5.01. The molecule has 0 saturated carbocycles. The van der Waals surface area contributed by atoms with Crippen molar-refractivity contribution in [2.24, 2.45) is 0 Å². The molecule has 1 nitrogen and oxygen atoms in total. The average Bonchev–Trinajstić information content (AvgIpc) is 2.74. The first-order valence-electron chi connectivity index (χ1n) is 5.88. The molecule has 1 aromatic carbocycles. The molecule has 0 aliphatic carbocycles. The molecule has 18 heavy (non-hydrogen) atoms.